The topological polar surface area (TPSA) is 20.3 Å². The molecule has 0 saturated heterocycles. The summed E-state index contributed by atoms with van der Waals surface area (Å²) in [7, 11) is 0. The van der Waals surface area contributed by atoms with Crippen LogP contribution in [-0.4, -0.2) is 21.7 Å². The van der Waals surface area contributed by atoms with E-state index in [9.17, 15) is 4.79 Å². The summed E-state index contributed by atoms with van der Waals surface area (Å²) in [6, 6.07) is 9.63. The van der Waals surface area contributed by atoms with Crippen molar-refractivity contribution in [2.45, 2.75) is 24.2 Å². The second-order valence-electron chi connectivity index (χ2n) is 4.22. The van der Waals surface area contributed by atoms with E-state index in [1.54, 1.807) is 11.0 Å². The Labute approximate surface area is 118 Å². The second-order valence-corrected chi connectivity index (χ2v) is 5.93. The minimum atomic E-state index is -1.42. The zero-order chi connectivity index (χ0) is 13.8. The van der Waals surface area contributed by atoms with E-state index in [2.05, 4.69) is 6.58 Å². The van der Waals surface area contributed by atoms with Gasteiger partial charge >= 0.3 is 0 Å². The lowest BCUT2D eigenvalue weighted by atomic mass is 10.1. The minimum absolute atomic E-state index is 0.103. The fourth-order valence-electron chi connectivity index (χ4n) is 1.72. The predicted octanol–water partition coefficient (Wildman–Crippen LogP) is 3.96. The van der Waals surface area contributed by atoms with Gasteiger partial charge in [-0.15, -0.1) is 6.58 Å². The average molecular weight is 286 g/mol. The highest BCUT2D eigenvalue weighted by atomic mass is 35.5. The average Bonchev–Trinajstić information content (AvgIpc) is 2.34. The Hall–Kier alpha value is -0.990. The van der Waals surface area contributed by atoms with Gasteiger partial charge in [0.05, 0.1) is 6.04 Å². The Morgan fingerprint density at radius 2 is 2.00 bits per heavy atom. The Morgan fingerprint density at radius 3 is 2.44 bits per heavy atom. The first kappa shape index (κ1) is 15.1. The zero-order valence-corrected chi connectivity index (χ0v) is 12.1. The van der Waals surface area contributed by atoms with E-state index in [1.165, 1.54) is 6.92 Å². The molecule has 0 bridgehead atoms. The van der Waals surface area contributed by atoms with Crippen molar-refractivity contribution in [1.82, 2.24) is 4.90 Å². The smallest absolute Gasteiger partial charge is 0.259 e. The molecule has 0 radical (unpaired) electrons. The van der Waals surface area contributed by atoms with Gasteiger partial charge in [-0.2, -0.15) is 0 Å². The lowest BCUT2D eigenvalue weighted by molar-refractivity contribution is -0.133. The third kappa shape index (κ3) is 3.76. The molecule has 1 rings (SSSR count). The van der Waals surface area contributed by atoms with Crippen molar-refractivity contribution in [3.05, 3.63) is 48.6 Å². The molecular formula is C14H17Cl2NO. The predicted molar refractivity (Wildman–Crippen MR) is 76.9 cm³/mol. The molecule has 4 heteroatoms. The summed E-state index contributed by atoms with van der Waals surface area (Å²) in [5.41, 5.74) is 1.03. The van der Waals surface area contributed by atoms with E-state index in [-0.39, 0.29) is 11.9 Å². The van der Waals surface area contributed by atoms with Crippen molar-refractivity contribution in [2.75, 3.05) is 6.54 Å². The van der Waals surface area contributed by atoms with Gasteiger partial charge in [-0.1, -0.05) is 59.6 Å². The van der Waals surface area contributed by atoms with Crippen LogP contribution in [0.3, 0.4) is 0 Å². The summed E-state index contributed by atoms with van der Waals surface area (Å²) in [5, 5.41) is 0. The Kier molecular flexibility index (Phi) is 5.24. The first-order valence-corrected chi connectivity index (χ1v) is 6.48. The van der Waals surface area contributed by atoms with E-state index in [0.29, 0.717) is 6.54 Å². The first-order valence-electron chi connectivity index (χ1n) is 5.72. The Balaban J connectivity index is 2.99. The maximum absolute atomic E-state index is 12.2. The highest BCUT2D eigenvalue weighted by molar-refractivity contribution is 6.57. The van der Waals surface area contributed by atoms with Crippen LogP contribution in [0, 0.1) is 0 Å². The number of amides is 1. The standard InChI is InChI=1S/C14H17Cl2NO/c1-4-10-17(13(18)14(3,15)16)11(2)12-8-6-5-7-9-12/h4-9,11H,1,10H2,2-3H3/t11-/m1/s1. The van der Waals surface area contributed by atoms with E-state index in [0.717, 1.165) is 5.56 Å². The number of halogens is 2. The number of carbonyl (C=O) groups excluding carboxylic acids is 1. The van der Waals surface area contributed by atoms with Gasteiger partial charge in [0.1, 0.15) is 0 Å². The van der Waals surface area contributed by atoms with Gasteiger partial charge in [-0.05, 0) is 19.4 Å². The van der Waals surface area contributed by atoms with Crippen molar-refractivity contribution in [2.24, 2.45) is 0 Å². The molecule has 0 spiro atoms. The fraction of sp³-hybridized carbons (Fsp3) is 0.357. The van der Waals surface area contributed by atoms with Gasteiger partial charge < -0.3 is 4.90 Å². The number of benzene rings is 1. The van der Waals surface area contributed by atoms with Gasteiger partial charge in [0.25, 0.3) is 5.91 Å². The van der Waals surface area contributed by atoms with Gasteiger partial charge in [-0.25, -0.2) is 0 Å². The van der Waals surface area contributed by atoms with Gasteiger partial charge in [0.15, 0.2) is 4.33 Å². The molecule has 2 nitrogen and oxygen atoms in total. The van der Waals surface area contributed by atoms with Gasteiger partial charge in [0.2, 0.25) is 0 Å². The maximum atomic E-state index is 12.2. The van der Waals surface area contributed by atoms with Crippen LogP contribution in [0.5, 0.6) is 0 Å². The van der Waals surface area contributed by atoms with Crippen LogP contribution >= 0.6 is 23.2 Å². The highest BCUT2D eigenvalue weighted by Gasteiger charge is 2.34. The highest BCUT2D eigenvalue weighted by Crippen LogP contribution is 2.28. The third-order valence-corrected chi connectivity index (χ3v) is 3.04. The monoisotopic (exact) mass is 285 g/mol. The summed E-state index contributed by atoms with van der Waals surface area (Å²) < 4.78 is -1.42. The van der Waals surface area contributed by atoms with Crippen molar-refractivity contribution in [1.29, 1.82) is 0 Å². The van der Waals surface area contributed by atoms with Crippen molar-refractivity contribution < 1.29 is 4.79 Å². The van der Waals surface area contributed by atoms with Gasteiger partial charge in [0, 0.05) is 6.54 Å². The maximum Gasteiger partial charge on any atom is 0.259 e. The third-order valence-electron chi connectivity index (χ3n) is 2.71. The van der Waals surface area contributed by atoms with E-state index in [4.69, 9.17) is 23.2 Å². The number of hydrogen-bond donors (Lipinski definition) is 0. The van der Waals surface area contributed by atoms with Crippen LogP contribution in [0.1, 0.15) is 25.5 Å². The number of carbonyl (C=O) groups is 1. The van der Waals surface area contributed by atoms with E-state index in [1.807, 2.05) is 37.3 Å². The molecule has 1 atom stereocenters. The van der Waals surface area contributed by atoms with Crippen molar-refractivity contribution in [3.8, 4) is 0 Å². The molecule has 0 aliphatic heterocycles. The number of hydrogen-bond acceptors (Lipinski definition) is 1. The largest absolute Gasteiger partial charge is 0.330 e. The molecule has 1 amide bonds. The molecule has 18 heavy (non-hydrogen) atoms. The fourth-order valence-corrected chi connectivity index (χ4v) is 1.94. The molecule has 0 fully saturated rings. The lowest BCUT2D eigenvalue weighted by Gasteiger charge is -2.31. The van der Waals surface area contributed by atoms with E-state index < -0.39 is 4.33 Å². The zero-order valence-electron chi connectivity index (χ0n) is 10.6. The van der Waals surface area contributed by atoms with Crippen LogP contribution in [0.4, 0.5) is 0 Å². The normalized spacial score (nSPS) is 12.9. The number of rotatable bonds is 5. The van der Waals surface area contributed by atoms with Gasteiger partial charge in [-0.3, -0.25) is 4.79 Å². The van der Waals surface area contributed by atoms with Crippen LogP contribution in [0.2, 0.25) is 0 Å². The summed E-state index contributed by atoms with van der Waals surface area (Å²) in [6.07, 6.45) is 1.66. The molecule has 98 valence electrons. The summed E-state index contributed by atoms with van der Waals surface area (Å²) >= 11 is 11.8. The SMILES string of the molecule is C=CCN(C(=O)C(C)(Cl)Cl)[C@H](C)c1ccccc1. The van der Waals surface area contributed by atoms with Crippen LogP contribution in [0.15, 0.2) is 43.0 Å². The van der Waals surface area contributed by atoms with Crippen LogP contribution in [0.25, 0.3) is 0 Å². The molecule has 0 aliphatic rings. The molecule has 0 aromatic heterocycles. The molecule has 1 aromatic rings. The summed E-state index contributed by atoms with van der Waals surface area (Å²) in [4.78, 5) is 13.8. The summed E-state index contributed by atoms with van der Waals surface area (Å²) in [5.74, 6) is -0.318. The molecule has 0 heterocycles. The molecule has 0 N–H and O–H groups in total. The van der Waals surface area contributed by atoms with Crippen LogP contribution < -0.4 is 0 Å². The molecule has 0 unspecified atom stereocenters. The Bertz CT molecular complexity index is 412. The second kappa shape index (κ2) is 6.26. The minimum Gasteiger partial charge on any atom is -0.330 e. The molecule has 1 aromatic carbocycles. The summed E-state index contributed by atoms with van der Waals surface area (Å²) in [6.45, 7) is 7.49. The van der Waals surface area contributed by atoms with Crippen molar-refractivity contribution >= 4 is 29.1 Å². The van der Waals surface area contributed by atoms with E-state index >= 15 is 0 Å². The molecule has 0 aliphatic carbocycles. The lowest BCUT2D eigenvalue weighted by Crippen LogP contribution is -2.42. The molecule has 0 saturated carbocycles. The number of alkyl halides is 2. The number of nitrogens with zero attached hydrogens (tertiary/aromatic N) is 1. The quantitative estimate of drug-likeness (QED) is 0.592. The first-order chi connectivity index (χ1) is 8.38. The molecular weight excluding hydrogens is 269 g/mol. The van der Waals surface area contributed by atoms with Crippen molar-refractivity contribution in [3.63, 3.8) is 0 Å². The Morgan fingerprint density at radius 1 is 1.44 bits per heavy atom. The van der Waals surface area contributed by atoms with Crippen LogP contribution in [-0.2, 0) is 4.79 Å².